The van der Waals surface area contributed by atoms with Crippen LogP contribution in [-0.4, -0.2) is 34.6 Å². The number of hydrogen-bond acceptors (Lipinski definition) is 3. The molecule has 0 saturated heterocycles. The van der Waals surface area contributed by atoms with Gasteiger partial charge in [0, 0.05) is 18.6 Å². The van der Waals surface area contributed by atoms with Crippen LogP contribution in [-0.2, 0) is 0 Å². The number of hydrogen-bond donors (Lipinski definition) is 3. The Morgan fingerprint density at radius 3 is 2.18 bits per heavy atom. The molecule has 0 radical (unpaired) electrons. The van der Waals surface area contributed by atoms with Gasteiger partial charge in [-0.2, -0.15) is 0 Å². The Morgan fingerprint density at radius 1 is 0.818 bits per heavy atom. The van der Waals surface area contributed by atoms with Crippen LogP contribution in [0.1, 0.15) is 106 Å². The molecule has 0 aromatic rings. The van der Waals surface area contributed by atoms with Crippen molar-refractivity contribution in [2.24, 2.45) is 50.2 Å². The molecule has 3 heteroatoms. The second-order valence-electron chi connectivity index (χ2n) is 14.9. The van der Waals surface area contributed by atoms with Crippen LogP contribution < -0.4 is 0 Å². The summed E-state index contributed by atoms with van der Waals surface area (Å²) in [4.78, 5) is 0. The third kappa shape index (κ3) is 2.97. The first kappa shape index (κ1) is 24.3. The van der Waals surface area contributed by atoms with Crippen molar-refractivity contribution in [3.8, 4) is 0 Å². The zero-order chi connectivity index (χ0) is 24.1. The summed E-state index contributed by atoms with van der Waals surface area (Å²) in [6.45, 7) is 15.2. The molecule has 33 heavy (non-hydrogen) atoms. The predicted octanol–water partition coefficient (Wildman–Crippen LogP) is 6.11. The molecule has 4 fully saturated rings. The standard InChI is InChI=1S/C30H50O3/c1-25(2)22-9-12-29(6)23(27(22,4)11-10-24(25)33)8-7-20-21-17-26(3,18-31)13-15-30(21,19-32)16-14-28(20,29)5/h7,21-24,31-33H,8-19H2,1-6H3. The van der Waals surface area contributed by atoms with Crippen molar-refractivity contribution in [1.82, 2.24) is 0 Å². The molecule has 5 aliphatic carbocycles. The topological polar surface area (TPSA) is 60.7 Å². The monoisotopic (exact) mass is 458 g/mol. The van der Waals surface area contributed by atoms with E-state index in [2.05, 4.69) is 47.6 Å². The van der Waals surface area contributed by atoms with E-state index in [4.69, 9.17) is 0 Å². The van der Waals surface area contributed by atoms with Gasteiger partial charge in [-0.05, 0) is 109 Å². The van der Waals surface area contributed by atoms with Gasteiger partial charge < -0.3 is 15.3 Å². The Morgan fingerprint density at radius 2 is 1.52 bits per heavy atom. The van der Waals surface area contributed by atoms with E-state index in [1.807, 2.05) is 0 Å². The van der Waals surface area contributed by atoms with Crippen LogP contribution in [0, 0.1) is 50.2 Å². The molecule has 0 aromatic heterocycles. The van der Waals surface area contributed by atoms with Gasteiger partial charge in [0.1, 0.15) is 0 Å². The largest absolute Gasteiger partial charge is 0.396 e. The molecule has 0 amide bonds. The van der Waals surface area contributed by atoms with E-state index >= 15 is 0 Å². The summed E-state index contributed by atoms with van der Waals surface area (Å²) in [5.74, 6) is 1.64. The summed E-state index contributed by atoms with van der Waals surface area (Å²) in [5.41, 5.74) is 2.33. The summed E-state index contributed by atoms with van der Waals surface area (Å²) in [6, 6.07) is 0. The van der Waals surface area contributed by atoms with E-state index in [1.54, 1.807) is 5.57 Å². The summed E-state index contributed by atoms with van der Waals surface area (Å²) in [6.07, 6.45) is 13.6. The number of aliphatic hydroxyl groups excluding tert-OH is 3. The summed E-state index contributed by atoms with van der Waals surface area (Å²) in [7, 11) is 0. The first-order chi connectivity index (χ1) is 15.3. The van der Waals surface area contributed by atoms with Gasteiger partial charge in [-0.15, -0.1) is 0 Å². The van der Waals surface area contributed by atoms with Crippen molar-refractivity contribution < 1.29 is 15.3 Å². The Balaban J connectivity index is 1.57. The Bertz CT molecular complexity index is 832. The number of aliphatic hydroxyl groups is 3. The zero-order valence-electron chi connectivity index (χ0n) is 22.2. The van der Waals surface area contributed by atoms with Gasteiger partial charge in [-0.3, -0.25) is 0 Å². The van der Waals surface area contributed by atoms with E-state index in [9.17, 15) is 15.3 Å². The van der Waals surface area contributed by atoms with Crippen molar-refractivity contribution >= 4 is 0 Å². The molecule has 5 aliphatic rings. The van der Waals surface area contributed by atoms with Crippen molar-refractivity contribution in [1.29, 1.82) is 0 Å². The maximum Gasteiger partial charge on any atom is 0.0594 e. The Labute approximate surface area is 202 Å². The highest BCUT2D eigenvalue weighted by atomic mass is 16.3. The van der Waals surface area contributed by atoms with Crippen LogP contribution in [0.25, 0.3) is 0 Å². The molecular weight excluding hydrogens is 408 g/mol. The van der Waals surface area contributed by atoms with Crippen molar-refractivity contribution in [3.05, 3.63) is 11.6 Å². The lowest BCUT2D eigenvalue weighted by molar-refractivity contribution is -0.205. The minimum atomic E-state index is -0.177. The van der Waals surface area contributed by atoms with Crippen LogP contribution >= 0.6 is 0 Å². The fraction of sp³-hybridized carbons (Fsp3) is 0.933. The van der Waals surface area contributed by atoms with Gasteiger partial charge >= 0.3 is 0 Å². The first-order valence-corrected chi connectivity index (χ1v) is 13.9. The van der Waals surface area contributed by atoms with Crippen LogP contribution in [0.2, 0.25) is 0 Å². The van der Waals surface area contributed by atoms with Crippen LogP contribution in [0.15, 0.2) is 11.6 Å². The average Bonchev–Trinajstić information content (AvgIpc) is 2.77. The number of rotatable bonds is 2. The molecule has 0 bridgehead atoms. The van der Waals surface area contributed by atoms with Gasteiger partial charge in [-0.1, -0.05) is 53.2 Å². The minimum Gasteiger partial charge on any atom is -0.396 e. The molecule has 188 valence electrons. The van der Waals surface area contributed by atoms with E-state index in [-0.39, 0.29) is 45.2 Å². The molecule has 4 saturated carbocycles. The van der Waals surface area contributed by atoms with E-state index in [0.717, 1.165) is 44.9 Å². The van der Waals surface area contributed by atoms with Crippen LogP contribution in [0.5, 0.6) is 0 Å². The SMILES string of the molecule is CC1(CO)CCC2(CO)CCC3(C)C(=CCC4C5(C)CCC(O)C(C)(C)C5CCC43C)C2C1. The molecule has 0 heterocycles. The minimum absolute atomic E-state index is 0.00978. The quantitative estimate of drug-likeness (QED) is 0.437. The lowest BCUT2D eigenvalue weighted by Gasteiger charge is -2.71. The third-order valence-electron chi connectivity index (χ3n) is 13.4. The number of fused-ring (bicyclic) bond motifs is 7. The highest BCUT2D eigenvalue weighted by molar-refractivity contribution is 5.33. The van der Waals surface area contributed by atoms with E-state index in [0.29, 0.717) is 24.4 Å². The normalized spacial score (nSPS) is 55.5. The zero-order valence-corrected chi connectivity index (χ0v) is 22.2. The third-order valence-corrected chi connectivity index (χ3v) is 13.4. The smallest absolute Gasteiger partial charge is 0.0594 e. The highest BCUT2D eigenvalue weighted by Crippen LogP contribution is 2.75. The summed E-state index contributed by atoms with van der Waals surface area (Å²) in [5, 5.41) is 31.8. The van der Waals surface area contributed by atoms with Gasteiger partial charge in [0.25, 0.3) is 0 Å². The van der Waals surface area contributed by atoms with Crippen molar-refractivity contribution in [2.75, 3.05) is 13.2 Å². The molecule has 3 N–H and O–H groups in total. The maximum absolute atomic E-state index is 10.9. The number of allylic oxidation sites excluding steroid dienone is 2. The van der Waals surface area contributed by atoms with Gasteiger partial charge in [0.2, 0.25) is 0 Å². The molecule has 0 spiro atoms. The lowest BCUT2D eigenvalue weighted by Crippen LogP contribution is -2.64. The molecule has 3 nitrogen and oxygen atoms in total. The molecular formula is C30H50O3. The molecule has 0 aromatic carbocycles. The molecule has 5 rings (SSSR count). The maximum atomic E-state index is 10.9. The average molecular weight is 459 g/mol. The van der Waals surface area contributed by atoms with Crippen LogP contribution in [0.4, 0.5) is 0 Å². The summed E-state index contributed by atoms with van der Waals surface area (Å²) >= 11 is 0. The van der Waals surface area contributed by atoms with Crippen molar-refractivity contribution in [2.45, 2.75) is 112 Å². The van der Waals surface area contributed by atoms with E-state index in [1.165, 1.54) is 19.3 Å². The van der Waals surface area contributed by atoms with Gasteiger partial charge in [0.05, 0.1) is 6.10 Å². The second-order valence-corrected chi connectivity index (χ2v) is 14.9. The molecule has 9 unspecified atom stereocenters. The Hall–Kier alpha value is -0.380. The van der Waals surface area contributed by atoms with Gasteiger partial charge in [-0.25, -0.2) is 0 Å². The Kier molecular flexibility index (Phi) is 5.40. The van der Waals surface area contributed by atoms with Gasteiger partial charge in [0.15, 0.2) is 0 Å². The fourth-order valence-electron chi connectivity index (χ4n) is 10.7. The first-order valence-electron chi connectivity index (χ1n) is 13.9. The predicted molar refractivity (Wildman–Crippen MR) is 134 cm³/mol. The highest BCUT2D eigenvalue weighted by Gasteiger charge is 2.68. The summed E-state index contributed by atoms with van der Waals surface area (Å²) < 4.78 is 0. The second kappa shape index (κ2) is 7.32. The fourth-order valence-corrected chi connectivity index (χ4v) is 10.7. The van der Waals surface area contributed by atoms with E-state index < -0.39 is 0 Å². The molecule has 9 atom stereocenters. The van der Waals surface area contributed by atoms with Crippen LogP contribution in [0.3, 0.4) is 0 Å². The van der Waals surface area contributed by atoms with Crippen molar-refractivity contribution in [3.63, 3.8) is 0 Å². The molecule has 0 aliphatic heterocycles. The lowest BCUT2D eigenvalue weighted by atomic mass is 9.33.